The monoisotopic (exact) mass is 478 g/mol. The molecule has 180 valence electrons. The molecule has 3 rings (SSSR count). The highest BCUT2D eigenvalue weighted by atomic mass is 28.4. The summed E-state index contributed by atoms with van der Waals surface area (Å²) in [5, 5.41) is 0. The molecular formula is C28H34O5Si. The standard InChI is InChI=1S/C28H34O5Si/c1-5-29-27(30-6-2)22-24-34(32-8-4,23-20-26-17-13-10-14-18-26)33-28(27,31-7-3)21-19-25-15-11-9-12-16-25/h9-18H,5-8,22,24H2,1-4H3. The number of benzene rings is 2. The van der Waals surface area contributed by atoms with Gasteiger partial charge in [-0.25, -0.2) is 0 Å². The fourth-order valence-corrected chi connectivity index (χ4v) is 6.76. The zero-order valence-electron chi connectivity index (χ0n) is 20.6. The number of ether oxygens (including phenoxy) is 3. The molecule has 2 aromatic carbocycles. The zero-order chi connectivity index (χ0) is 24.3. The Balaban J connectivity index is 2.14. The fourth-order valence-electron chi connectivity index (χ4n) is 4.02. The fraction of sp³-hybridized carbons (Fsp3) is 0.429. The minimum atomic E-state index is -3.07. The third-order valence-corrected chi connectivity index (χ3v) is 8.18. The van der Waals surface area contributed by atoms with Crippen LogP contribution in [0.2, 0.25) is 6.04 Å². The van der Waals surface area contributed by atoms with Crippen molar-refractivity contribution in [1.29, 1.82) is 0 Å². The molecule has 2 atom stereocenters. The predicted molar refractivity (Wildman–Crippen MR) is 135 cm³/mol. The molecule has 0 aliphatic carbocycles. The van der Waals surface area contributed by atoms with E-state index in [9.17, 15) is 0 Å². The van der Waals surface area contributed by atoms with Gasteiger partial charge in [-0.2, -0.15) is 0 Å². The van der Waals surface area contributed by atoms with E-state index in [0.717, 1.165) is 11.1 Å². The first-order valence-electron chi connectivity index (χ1n) is 12.0. The van der Waals surface area contributed by atoms with Crippen molar-refractivity contribution in [3.63, 3.8) is 0 Å². The molecule has 0 radical (unpaired) electrons. The van der Waals surface area contributed by atoms with Crippen LogP contribution in [0.3, 0.4) is 0 Å². The van der Waals surface area contributed by atoms with Gasteiger partial charge in [0.25, 0.3) is 5.79 Å². The normalized spacial score (nSPS) is 23.3. The van der Waals surface area contributed by atoms with Gasteiger partial charge in [-0.1, -0.05) is 53.8 Å². The second kappa shape index (κ2) is 12.3. The summed E-state index contributed by atoms with van der Waals surface area (Å²) < 4.78 is 31.9. The molecule has 1 aliphatic heterocycles. The Kier molecular flexibility index (Phi) is 9.50. The molecule has 6 heteroatoms. The third kappa shape index (κ3) is 5.98. The average Bonchev–Trinajstić information content (AvgIpc) is 2.86. The molecule has 0 saturated carbocycles. The average molecular weight is 479 g/mol. The molecular weight excluding hydrogens is 444 g/mol. The molecule has 0 amide bonds. The van der Waals surface area contributed by atoms with Gasteiger partial charge in [0.2, 0.25) is 5.79 Å². The van der Waals surface area contributed by atoms with Gasteiger partial charge in [-0.05, 0) is 57.9 Å². The summed E-state index contributed by atoms with van der Waals surface area (Å²) in [5.41, 5.74) is 5.12. The summed E-state index contributed by atoms with van der Waals surface area (Å²) in [6.45, 7) is 9.39. The van der Waals surface area contributed by atoms with Crippen LogP contribution in [0.1, 0.15) is 45.2 Å². The molecule has 1 saturated heterocycles. The predicted octanol–water partition coefficient (Wildman–Crippen LogP) is 5.03. The zero-order valence-corrected chi connectivity index (χ0v) is 21.6. The lowest BCUT2D eigenvalue weighted by Gasteiger charge is -2.51. The molecule has 2 aromatic rings. The van der Waals surface area contributed by atoms with Gasteiger partial charge in [0, 0.05) is 50.0 Å². The van der Waals surface area contributed by atoms with Crippen LogP contribution in [-0.2, 0) is 23.1 Å². The highest BCUT2D eigenvalue weighted by molar-refractivity contribution is 6.76. The van der Waals surface area contributed by atoms with Gasteiger partial charge >= 0.3 is 8.56 Å². The van der Waals surface area contributed by atoms with Crippen molar-refractivity contribution in [3.05, 3.63) is 71.8 Å². The Hall–Kier alpha value is -2.42. The van der Waals surface area contributed by atoms with Crippen molar-refractivity contribution in [2.45, 2.75) is 51.7 Å². The minimum Gasteiger partial charge on any atom is -0.385 e. The minimum absolute atomic E-state index is 0.355. The highest BCUT2D eigenvalue weighted by Crippen LogP contribution is 2.45. The molecule has 34 heavy (non-hydrogen) atoms. The van der Waals surface area contributed by atoms with Gasteiger partial charge in [0.1, 0.15) is 0 Å². The first-order chi connectivity index (χ1) is 16.6. The van der Waals surface area contributed by atoms with E-state index in [1.165, 1.54) is 0 Å². The molecule has 2 unspecified atom stereocenters. The van der Waals surface area contributed by atoms with E-state index >= 15 is 0 Å². The summed E-state index contributed by atoms with van der Waals surface area (Å²) >= 11 is 0. The lowest BCUT2D eigenvalue weighted by Crippen LogP contribution is -2.69. The largest absolute Gasteiger partial charge is 0.427 e. The summed E-state index contributed by atoms with van der Waals surface area (Å²) in [4.78, 5) is 0. The highest BCUT2D eigenvalue weighted by Gasteiger charge is 2.65. The van der Waals surface area contributed by atoms with Crippen molar-refractivity contribution in [1.82, 2.24) is 0 Å². The number of hydrogen-bond donors (Lipinski definition) is 0. The second-order valence-corrected chi connectivity index (χ2v) is 10.4. The molecule has 0 spiro atoms. The van der Waals surface area contributed by atoms with Crippen molar-refractivity contribution in [3.8, 4) is 23.3 Å². The quantitative estimate of drug-likeness (QED) is 0.303. The summed E-state index contributed by atoms with van der Waals surface area (Å²) in [6, 6.07) is 20.2. The summed E-state index contributed by atoms with van der Waals surface area (Å²) in [7, 11) is -3.07. The van der Waals surface area contributed by atoms with Crippen molar-refractivity contribution in [2.75, 3.05) is 26.4 Å². The number of hydrogen-bond acceptors (Lipinski definition) is 5. The Labute approximate surface area is 205 Å². The van der Waals surface area contributed by atoms with Gasteiger partial charge in [0.05, 0.1) is 0 Å². The first-order valence-corrected chi connectivity index (χ1v) is 14.0. The Morgan fingerprint density at radius 3 is 1.85 bits per heavy atom. The Morgan fingerprint density at radius 2 is 1.32 bits per heavy atom. The van der Waals surface area contributed by atoms with E-state index in [0.29, 0.717) is 38.9 Å². The maximum atomic E-state index is 6.80. The summed E-state index contributed by atoms with van der Waals surface area (Å²) in [5.74, 6) is 7.06. The molecule has 1 fully saturated rings. The van der Waals surface area contributed by atoms with Gasteiger partial charge in [-0.3, -0.25) is 0 Å². The van der Waals surface area contributed by atoms with E-state index in [4.69, 9.17) is 23.1 Å². The van der Waals surface area contributed by atoms with Gasteiger partial charge < -0.3 is 23.1 Å². The SMILES string of the molecule is CCOC1(C#Cc2ccccc2)O[Si](C#Cc2ccccc2)(OCC)CCC1(OCC)OCC. The second-order valence-electron chi connectivity index (χ2n) is 7.69. The van der Waals surface area contributed by atoms with Crippen LogP contribution in [0.4, 0.5) is 0 Å². The molecule has 1 aliphatic rings. The van der Waals surface area contributed by atoms with Gasteiger partial charge in [-0.15, -0.1) is 0 Å². The van der Waals surface area contributed by atoms with Crippen molar-refractivity contribution < 1.29 is 23.1 Å². The van der Waals surface area contributed by atoms with E-state index < -0.39 is 20.1 Å². The van der Waals surface area contributed by atoms with E-state index in [2.05, 4.69) is 23.3 Å². The van der Waals surface area contributed by atoms with Crippen LogP contribution in [0.25, 0.3) is 0 Å². The maximum Gasteiger partial charge on any atom is 0.427 e. The topological polar surface area (TPSA) is 46.2 Å². The molecule has 0 aromatic heterocycles. The van der Waals surface area contributed by atoms with Crippen LogP contribution < -0.4 is 0 Å². The maximum absolute atomic E-state index is 6.80. The third-order valence-electron chi connectivity index (χ3n) is 5.39. The van der Waals surface area contributed by atoms with Gasteiger partial charge in [0.15, 0.2) is 0 Å². The Morgan fingerprint density at radius 1 is 0.765 bits per heavy atom. The van der Waals surface area contributed by atoms with Crippen LogP contribution >= 0.6 is 0 Å². The number of rotatable bonds is 8. The molecule has 1 heterocycles. The smallest absolute Gasteiger partial charge is 0.385 e. The van der Waals surface area contributed by atoms with E-state index in [-0.39, 0.29) is 0 Å². The van der Waals surface area contributed by atoms with Crippen LogP contribution in [0, 0.1) is 23.3 Å². The van der Waals surface area contributed by atoms with Crippen LogP contribution in [-0.4, -0.2) is 46.6 Å². The van der Waals surface area contributed by atoms with Crippen LogP contribution in [0.15, 0.2) is 60.7 Å². The van der Waals surface area contributed by atoms with E-state index in [1.807, 2.05) is 88.4 Å². The lowest BCUT2D eigenvalue weighted by molar-refractivity contribution is -0.376. The molecule has 0 bridgehead atoms. The van der Waals surface area contributed by atoms with E-state index in [1.54, 1.807) is 0 Å². The van der Waals surface area contributed by atoms with Crippen molar-refractivity contribution >= 4 is 8.56 Å². The van der Waals surface area contributed by atoms with Crippen LogP contribution in [0.5, 0.6) is 0 Å². The lowest BCUT2D eigenvalue weighted by atomic mass is 10.0. The summed E-state index contributed by atoms with van der Waals surface area (Å²) in [6.07, 6.45) is 0.494. The first kappa shape index (κ1) is 26.2. The van der Waals surface area contributed by atoms with Crippen molar-refractivity contribution in [2.24, 2.45) is 0 Å². The Bertz CT molecular complexity index is 1010. The molecule has 5 nitrogen and oxygen atoms in total. The molecule has 0 N–H and O–H groups in total.